The second-order valence-corrected chi connectivity index (χ2v) is 6.19. The highest BCUT2D eigenvalue weighted by atomic mass is 16.5. The van der Waals surface area contributed by atoms with E-state index >= 15 is 0 Å². The van der Waals surface area contributed by atoms with Crippen LogP contribution in [0.5, 0.6) is 0 Å². The molecule has 0 bridgehead atoms. The lowest BCUT2D eigenvalue weighted by molar-refractivity contribution is -0.909. The van der Waals surface area contributed by atoms with E-state index in [0.717, 1.165) is 38.4 Å². The molecule has 0 aliphatic carbocycles. The smallest absolute Gasteiger partial charge is 0.251 e. The Kier molecular flexibility index (Phi) is 5.78. The number of amides is 1. The fourth-order valence-electron chi connectivity index (χ4n) is 3.03. The van der Waals surface area contributed by atoms with Crippen LogP contribution in [0.1, 0.15) is 27.5 Å². The van der Waals surface area contributed by atoms with Crippen molar-refractivity contribution in [1.29, 1.82) is 5.26 Å². The summed E-state index contributed by atoms with van der Waals surface area (Å²) in [6, 6.07) is 18.8. The van der Waals surface area contributed by atoms with Gasteiger partial charge in [0.25, 0.3) is 5.91 Å². The number of nitrogens with zero attached hydrogens (tertiary/aromatic N) is 1. The molecule has 1 saturated heterocycles. The predicted octanol–water partition coefficient (Wildman–Crippen LogP) is 0.944. The van der Waals surface area contributed by atoms with Gasteiger partial charge >= 0.3 is 0 Å². The highest BCUT2D eigenvalue weighted by molar-refractivity contribution is 5.94. The van der Waals surface area contributed by atoms with Crippen LogP contribution >= 0.6 is 0 Å². The average Bonchev–Trinajstić information content (AvgIpc) is 2.69. The number of hydrogen-bond acceptors (Lipinski definition) is 3. The lowest BCUT2D eigenvalue weighted by Crippen LogP contribution is -3.14. The van der Waals surface area contributed by atoms with E-state index in [4.69, 9.17) is 10.00 Å². The molecule has 0 aromatic heterocycles. The summed E-state index contributed by atoms with van der Waals surface area (Å²) in [6.45, 7) is 4.27. The molecule has 2 aromatic rings. The normalized spacial score (nSPS) is 16.0. The molecule has 128 valence electrons. The summed E-state index contributed by atoms with van der Waals surface area (Å²) in [6.07, 6.45) is 0. The molecule has 1 aliphatic heterocycles. The summed E-state index contributed by atoms with van der Waals surface area (Å²) < 4.78 is 5.42. The number of nitriles is 1. The number of ether oxygens (including phenoxy) is 1. The van der Waals surface area contributed by atoms with E-state index in [1.54, 1.807) is 24.3 Å². The van der Waals surface area contributed by atoms with E-state index < -0.39 is 0 Å². The van der Waals surface area contributed by atoms with Crippen molar-refractivity contribution in [2.24, 2.45) is 0 Å². The van der Waals surface area contributed by atoms with Gasteiger partial charge in [-0.05, 0) is 29.8 Å². The van der Waals surface area contributed by atoms with Crippen LogP contribution in [-0.4, -0.2) is 38.8 Å². The minimum absolute atomic E-state index is 0.0579. The summed E-state index contributed by atoms with van der Waals surface area (Å²) in [5.74, 6) is -0.119. The monoisotopic (exact) mass is 336 g/mol. The van der Waals surface area contributed by atoms with Crippen LogP contribution in [-0.2, 0) is 4.74 Å². The number of benzene rings is 2. The highest BCUT2D eigenvalue weighted by Gasteiger charge is 2.23. The van der Waals surface area contributed by atoms with Crippen LogP contribution in [0.2, 0.25) is 0 Å². The first-order valence-electron chi connectivity index (χ1n) is 8.53. The first kappa shape index (κ1) is 17.2. The molecule has 0 spiro atoms. The van der Waals surface area contributed by atoms with E-state index in [9.17, 15) is 4.79 Å². The molecule has 5 nitrogen and oxygen atoms in total. The molecule has 5 heteroatoms. The van der Waals surface area contributed by atoms with Crippen LogP contribution in [0.25, 0.3) is 0 Å². The van der Waals surface area contributed by atoms with Crippen molar-refractivity contribution in [3.05, 3.63) is 71.3 Å². The van der Waals surface area contributed by atoms with E-state index in [1.807, 2.05) is 30.3 Å². The second-order valence-electron chi connectivity index (χ2n) is 6.19. The van der Waals surface area contributed by atoms with Crippen LogP contribution in [0.15, 0.2) is 54.6 Å². The van der Waals surface area contributed by atoms with Gasteiger partial charge < -0.3 is 15.0 Å². The maximum atomic E-state index is 12.6. The van der Waals surface area contributed by atoms with E-state index in [2.05, 4.69) is 11.4 Å². The minimum atomic E-state index is -0.119. The number of morpholine rings is 1. The topological polar surface area (TPSA) is 66.6 Å². The average molecular weight is 336 g/mol. The predicted molar refractivity (Wildman–Crippen MR) is 94.2 cm³/mol. The lowest BCUT2D eigenvalue weighted by Gasteiger charge is -2.28. The van der Waals surface area contributed by atoms with Gasteiger partial charge in [0.05, 0.1) is 24.8 Å². The van der Waals surface area contributed by atoms with Crippen LogP contribution < -0.4 is 10.2 Å². The Balaban J connectivity index is 1.74. The van der Waals surface area contributed by atoms with Crippen molar-refractivity contribution in [2.45, 2.75) is 6.04 Å². The molecule has 1 atom stereocenters. The van der Waals surface area contributed by atoms with Crippen molar-refractivity contribution in [3.8, 4) is 6.07 Å². The zero-order chi connectivity index (χ0) is 17.5. The molecule has 1 heterocycles. The largest absolute Gasteiger partial charge is 0.370 e. The van der Waals surface area contributed by atoms with Gasteiger partial charge in [-0.3, -0.25) is 4.79 Å². The van der Waals surface area contributed by atoms with Crippen LogP contribution in [0.4, 0.5) is 0 Å². The molecule has 0 unspecified atom stereocenters. The third kappa shape index (κ3) is 4.66. The lowest BCUT2D eigenvalue weighted by atomic mass is 10.0. The molecular formula is C20H22N3O2+. The fraction of sp³-hybridized carbons (Fsp3) is 0.300. The fourth-order valence-corrected chi connectivity index (χ4v) is 3.03. The zero-order valence-corrected chi connectivity index (χ0v) is 14.1. The van der Waals surface area contributed by atoms with E-state index in [-0.39, 0.29) is 11.9 Å². The van der Waals surface area contributed by atoms with Gasteiger partial charge in [0.15, 0.2) is 0 Å². The molecule has 3 rings (SSSR count). The summed E-state index contributed by atoms with van der Waals surface area (Å²) in [5, 5.41) is 12.0. The number of nitrogens with one attached hydrogen (secondary N) is 2. The first-order chi connectivity index (χ1) is 12.3. The minimum Gasteiger partial charge on any atom is -0.370 e. The van der Waals surface area contributed by atoms with Gasteiger partial charge in [-0.15, -0.1) is 0 Å². The number of carbonyl (C=O) groups excluding carboxylic acids is 1. The molecular weight excluding hydrogens is 314 g/mol. The summed E-state index contributed by atoms with van der Waals surface area (Å²) in [7, 11) is 0. The molecule has 1 aliphatic rings. The third-order valence-electron chi connectivity index (χ3n) is 4.48. The molecule has 1 fully saturated rings. The number of hydrogen-bond donors (Lipinski definition) is 2. The second kappa shape index (κ2) is 8.43. The standard InChI is InChI=1S/C20H21N3O2/c21-14-16-6-8-18(9-7-16)20(24)22-19(17-4-2-1-3-5-17)15-23-10-12-25-13-11-23/h1-9,19H,10-13,15H2,(H,22,24)/p+1/t19-/m1/s1. The quantitative estimate of drug-likeness (QED) is 0.854. The number of quaternary nitrogens is 1. The Labute approximate surface area is 147 Å². The van der Waals surface area contributed by atoms with Gasteiger partial charge in [-0.2, -0.15) is 5.26 Å². The molecule has 25 heavy (non-hydrogen) atoms. The van der Waals surface area contributed by atoms with Crippen molar-refractivity contribution >= 4 is 5.91 Å². The van der Waals surface area contributed by atoms with Crippen molar-refractivity contribution in [3.63, 3.8) is 0 Å². The van der Waals surface area contributed by atoms with Crippen molar-refractivity contribution in [2.75, 3.05) is 32.8 Å². The van der Waals surface area contributed by atoms with Gasteiger partial charge in [-0.1, -0.05) is 30.3 Å². The molecule has 0 saturated carbocycles. The van der Waals surface area contributed by atoms with Crippen molar-refractivity contribution in [1.82, 2.24) is 5.32 Å². The Morgan fingerprint density at radius 1 is 1.12 bits per heavy atom. The van der Waals surface area contributed by atoms with Crippen molar-refractivity contribution < 1.29 is 14.4 Å². The van der Waals surface area contributed by atoms with Crippen LogP contribution in [0.3, 0.4) is 0 Å². The summed E-state index contributed by atoms with van der Waals surface area (Å²) >= 11 is 0. The molecule has 2 aromatic carbocycles. The van der Waals surface area contributed by atoms with E-state index in [1.165, 1.54) is 4.90 Å². The van der Waals surface area contributed by atoms with Gasteiger partial charge in [0, 0.05) is 5.56 Å². The summed E-state index contributed by atoms with van der Waals surface area (Å²) in [5.41, 5.74) is 2.22. The maximum Gasteiger partial charge on any atom is 0.251 e. The van der Waals surface area contributed by atoms with Gasteiger partial charge in [0.2, 0.25) is 0 Å². The van der Waals surface area contributed by atoms with Gasteiger partial charge in [0.1, 0.15) is 25.7 Å². The van der Waals surface area contributed by atoms with Crippen LogP contribution in [0, 0.1) is 11.3 Å². The number of carbonyl (C=O) groups is 1. The first-order valence-corrected chi connectivity index (χ1v) is 8.53. The Bertz CT molecular complexity index is 732. The number of rotatable bonds is 5. The SMILES string of the molecule is N#Cc1ccc(C(=O)N[C@H](C[NH+]2CCOCC2)c2ccccc2)cc1. The Hall–Kier alpha value is -2.68. The third-order valence-corrected chi connectivity index (χ3v) is 4.48. The molecule has 2 N–H and O–H groups in total. The Morgan fingerprint density at radius 3 is 2.44 bits per heavy atom. The van der Waals surface area contributed by atoms with Gasteiger partial charge in [-0.25, -0.2) is 0 Å². The molecule has 1 amide bonds. The zero-order valence-electron chi connectivity index (χ0n) is 14.1. The molecule has 0 radical (unpaired) electrons. The Morgan fingerprint density at radius 2 is 1.80 bits per heavy atom. The van der Waals surface area contributed by atoms with E-state index in [0.29, 0.717) is 11.1 Å². The highest BCUT2D eigenvalue weighted by Crippen LogP contribution is 2.13. The maximum absolute atomic E-state index is 12.6. The summed E-state index contributed by atoms with van der Waals surface area (Å²) in [4.78, 5) is 14.1.